The molecule has 1 aromatic rings. The lowest BCUT2D eigenvalue weighted by Crippen LogP contribution is -2.37. The van der Waals surface area contributed by atoms with Crippen LogP contribution in [0.2, 0.25) is 0 Å². The number of nitrogens with two attached hydrogens (primary N) is 1. The molecule has 0 aromatic carbocycles. The van der Waals surface area contributed by atoms with E-state index < -0.39 is 0 Å². The van der Waals surface area contributed by atoms with Crippen molar-refractivity contribution in [3.05, 3.63) is 32.4 Å². The highest BCUT2D eigenvalue weighted by Gasteiger charge is 2.26. The molecule has 0 saturated carbocycles. The molecular weight excluding hydrogens is 320 g/mol. The molecule has 0 aliphatic carbocycles. The minimum absolute atomic E-state index is 0.302. The molecule has 0 radical (unpaired) electrons. The van der Waals surface area contributed by atoms with Crippen LogP contribution in [0.1, 0.15) is 38.1 Å². The number of nitrogens with zero attached hydrogens (tertiary/aromatic N) is 1. The Morgan fingerprint density at radius 1 is 1.47 bits per heavy atom. The fourth-order valence-corrected chi connectivity index (χ4v) is 4.19. The van der Waals surface area contributed by atoms with Gasteiger partial charge in [0.05, 0.1) is 6.04 Å². The third-order valence-electron chi connectivity index (χ3n) is 3.78. The van der Waals surface area contributed by atoms with Crippen LogP contribution in [0, 0.1) is 5.41 Å². The summed E-state index contributed by atoms with van der Waals surface area (Å²) in [6.45, 7) is 9.71. The maximum absolute atomic E-state index is 5.99. The molecule has 1 atom stereocenters. The van der Waals surface area contributed by atoms with Crippen molar-refractivity contribution in [3.63, 3.8) is 0 Å². The smallest absolute Gasteiger partial charge is 0.0567 e. The number of hydrogen-bond acceptors (Lipinski definition) is 3. The van der Waals surface area contributed by atoms with E-state index in [0.29, 0.717) is 18.0 Å². The summed E-state index contributed by atoms with van der Waals surface area (Å²) in [6, 6.07) is 2.56. The molecule has 2 rings (SSSR count). The van der Waals surface area contributed by atoms with Crippen LogP contribution in [-0.2, 0) is 0 Å². The highest BCUT2D eigenvalue weighted by molar-refractivity contribution is 9.10. The maximum atomic E-state index is 5.99. The predicted molar refractivity (Wildman–Crippen MR) is 87.5 cm³/mol. The Bertz CT molecular complexity index is 459. The second kappa shape index (κ2) is 6.08. The molecule has 0 saturated heterocycles. The van der Waals surface area contributed by atoms with Crippen molar-refractivity contribution in [1.29, 1.82) is 0 Å². The minimum Gasteiger partial charge on any atom is -0.329 e. The van der Waals surface area contributed by atoms with Crippen LogP contribution in [0.25, 0.3) is 0 Å². The van der Waals surface area contributed by atoms with Gasteiger partial charge in [0.15, 0.2) is 0 Å². The minimum atomic E-state index is 0.302. The number of halogens is 1. The number of rotatable bonds is 3. The largest absolute Gasteiger partial charge is 0.329 e. The van der Waals surface area contributed by atoms with E-state index in [-0.39, 0.29) is 0 Å². The molecule has 106 valence electrons. The molecule has 1 aliphatic heterocycles. The quantitative estimate of drug-likeness (QED) is 0.834. The standard InChI is InChI=1S/C15H23BrN2S/c1-15(2,3)11-4-6-18(7-5-11)13(9-17)14-8-12(16)10-19-14/h4,8,10,13H,5-7,9,17H2,1-3H3. The zero-order valence-electron chi connectivity index (χ0n) is 11.9. The van der Waals surface area contributed by atoms with Crippen molar-refractivity contribution >= 4 is 27.3 Å². The van der Waals surface area contributed by atoms with Crippen molar-refractivity contribution in [1.82, 2.24) is 4.90 Å². The average molecular weight is 343 g/mol. The van der Waals surface area contributed by atoms with Crippen molar-refractivity contribution in [3.8, 4) is 0 Å². The average Bonchev–Trinajstić information content (AvgIpc) is 2.76. The first-order valence-electron chi connectivity index (χ1n) is 6.79. The normalized spacial score (nSPS) is 19.3. The van der Waals surface area contributed by atoms with E-state index in [1.54, 1.807) is 16.9 Å². The third kappa shape index (κ3) is 3.69. The van der Waals surface area contributed by atoms with E-state index in [2.05, 4.69) is 59.1 Å². The SMILES string of the molecule is CC(C)(C)C1=CCN(C(CN)c2cc(Br)cs2)CC1. The Morgan fingerprint density at radius 3 is 2.63 bits per heavy atom. The Labute approximate surface area is 128 Å². The van der Waals surface area contributed by atoms with Gasteiger partial charge in [0.2, 0.25) is 0 Å². The van der Waals surface area contributed by atoms with Crippen LogP contribution in [0.5, 0.6) is 0 Å². The second-order valence-corrected chi connectivity index (χ2v) is 8.00. The predicted octanol–water partition coefficient (Wildman–Crippen LogP) is 4.19. The van der Waals surface area contributed by atoms with E-state index in [4.69, 9.17) is 5.73 Å². The zero-order valence-corrected chi connectivity index (χ0v) is 14.4. The van der Waals surface area contributed by atoms with Gasteiger partial charge in [-0.25, -0.2) is 0 Å². The maximum Gasteiger partial charge on any atom is 0.0567 e. The highest BCUT2D eigenvalue weighted by Crippen LogP contribution is 2.34. The molecule has 2 nitrogen and oxygen atoms in total. The van der Waals surface area contributed by atoms with Gasteiger partial charge in [-0.3, -0.25) is 4.90 Å². The molecule has 4 heteroatoms. The molecular formula is C15H23BrN2S. The topological polar surface area (TPSA) is 29.3 Å². The first-order chi connectivity index (χ1) is 8.91. The molecule has 2 heterocycles. The molecule has 1 unspecified atom stereocenters. The molecule has 1 aliphatic rings. The van der Waals surface area contributed by atoms with Crippen molar-refractivity contribution in [2.24, 2.45) is 11.1 Å². The highest BCUT2D eigenvalue weighted by atomic mass is 79.9. The lowest BCUT2D eigenvalue weighted by Gasteiger charge is -2.36. The molecule has 1 aromatic heterocycles. The van der Waals surface area contributed by atoms with Crippen molar-refractivity contribution in [2.75, 3.05) is 19.6 Å². The Morgan fingerprint density at radius 2 is 2.21 bits per heavy atom. The zero-order chi connectivity index (χ0) is 14.0. The summed E-state index contributed by atoms with van der Waals surface area (Å²) in [7, 11) is 0. The van der Waals surface area contributed by atoms with Gasteiger partial charge >= 0.3 is 0 Å². The lowest BCUT2D eigenvalue weighted by molar-refractivity contribution is 0.212. The van der Waals surface area contributed by atoms with E-state index in [0.717, 1.165) is 24.0 Å². The van der Waals surface area contributed by atoms with Gasteiger partial charge in [-0.15, -0.1) is 11.3 Å². The van der Waals surface area contributed by atoms with E-state index in [1.165, 1.54) is 4.88 Å². The van der Waals surface area contributed by atoms with Gasteiger partial charge in [-0.05, 0) is 33.8 Å². The van der Waals surface area contributed by atoms with Crippen LogP contribution in [0.3, 0.4) is 0 Å². The Balaban J connectivity index is 2.09. The summed E-state index contributed by atoms with van der Waals surface area (Å²) < 4.78 is 1.16. The Hall–Kier alpha value is -0.160. The van der Waals surface area contributed by atoms with Gasteiger partial charge in [0.25, 0.3) is 0 Å². The third-order valence-corrected chi connectivity index (χ3v) is 5.58. The number of hydrogen-bond donors (Lipinski definition) is 1. The molecule has 0 fully saturated rings. The first kappa shape index (κ1) is 15.2. The van der Waals surface area contributed by atoms with Crippen LogP contribution in [-0.4, -0.2) is 24.5 Å². The van der Waals surface area contributed by atoms with Gasteiger partial charge < -0.3 is 5.73 Å². The molecule has 19 heavy (non-hydrogen) atoms. The summed E-state index contributed by atoms with van der Waals surface area (Å²) in [4.78, 5) is 3.86. The fraction of sp³-hybridized carbons (Fsp3) is 0.600. The van der Waals surface area contributed by atoms with E-state index in [1.807, 2.05) is 0 Å². The van der Waals surface area contributed by atoms with E-state index in [9.17, 15) is 0 Å². The second-order valence-electron chi connectivity index (χ2n) is 6.14. The molecule has 0 bridgehead atoms. The fourth-order valence-electron chi connectivity index (χ4n) is 2.60. The molecule has 2 N–H and O–H groups in total. The lowest BCUT2D eigenvalue weighted by atomic mass is 9.82. The van der Waals surface area contributed by atoms with Gasteiger partial charge in [-0.2, -0.15) is 0 Å². The summed E-state index contributed by atoms with van der Waals surface area (Å²) in [5, 5.41) is 2.14. The summed E-state index contributed by atoms with van der Waals surface area (Å²) >= 11 is 5.32. The van der Waals surface area contributed by atoms with Crippen molar-refractivity contribution in [2.45, 2.75) is 33.2 Å². The van der Waals surface area contributed by atoms with Crippen LogP contribution in [0.4, 0.5) is 0 Å². The number of thiophene rings is 1. The van der Waals surface area contributed by atoms with Gasteiger partial charge in [0.1, 0.15) is 0 Å². The van der Waals surface area contributed by atoms with Gasteiger partial charge in [0, 0.05) is 34.4 Å². The van der Waals surface area contributed by atoms with Crippen LogP contribution < -0.4 is 5.73 Å². The van der Waals surface area contributed by atoms with Crippen LogP contribution >= 0.6 is 27.3 Å². The summed E-state index contributed by atoms with van der Waals surface area (Å²) in [5.74, 6) is 0. The van der Waals surface area contributed by atoms with E-state index >= 15 is 0 Å². The molecule has 0 spiro atoms. The molecule has 0 amide bonds. The van der Waals surface area contributed by atoms with Crippen LogP contribution in [0.15, 0.2) is 27.6 Å². The summed E-state index contributed by atoms with van der Waals surface area (Å²) in [5.41, 5.74) is 7.87. The monoisotopic (exact) mass is 342 g/mol. The van der Waals surface area contributed by atoms with Gasteiger partial charge in [-0.1, -0.05) is 32.4 Å². The summed E-state index contributed by atoms with van der Waals surface area (Å²) in [6.07, 6.45) is 3.56. The van der Waals surface area contributed by atoms with Crippen molar-refractivity contribution < 1.29 is 0 Å². The first-order valence-corrected chi connectivity index (χ1v) is 8.46. The Kier molecular flexibility index (Phi) is 4.88.